The number of hydrogen-bond acceptors (Lipinski definition) is 7. The minimum absolute atomic E-state index is 0.0354. The highest BCUT2D eigenvalue weighted by Crippen LogP contribution is 2.45. The number of halogens is 4. The Balaban J connectivity index is 1.23. The number of carbonyl (C=O) groups excluding carboxylic acids is 1. The summed E-state index contributed by atoms with van der Waals surface area (Å²) in [5.74, 6) is 0.310. The molecule has 0 radical (unpaired) electrons. The first-order chi connectivity index (χ1) is 18.2. The zero-order chi connectivity index (χ0) is 27.0. The molecule has 9 nitrogen and oxygen atoms in total. The second-order valence-electron chi connectivity index (χ2n) is 10.4. The molecule has 4 heterocycles. The fraction of sp³-hybridized carbons (Fsp3) is 0.680. The van der Waals surface area contributed by atoms with E-state index >= 15 is 0 Å². The van der Waals surface area contributed by atoms with Gasteiger partial charge in [-0.25, -0.2) is 9.97 Å². The topological polar surface area (TPSA) is 108 Å². The third-order valence-electron chi connectivity index (χ3n) is 8.16. The van der Waals surface area contributed by atoms with E-state index in [9.17, 15) is 23.2 Å². The van der Waals surface area contributed by atoms with Crippen molar-refractivity contribution in [1.82, 2.24) is 24.8 Å². The number of ether oxygens (including phenoxy) is 1. The number of imidazole rings is 1. The molecule has 2 saturated heterocycles. The molecule has 38 heavy (non-hydrogen) atoms. The molecule has 2 aromatic heterocycles. The Morgan fingerprint density at radius 1 is 1.24 bits per heavy atom. The molecule has 2 N–H and O–H groups in total. The maximum absolute atomic E-state index is 13.2. The zero-order valence-corrected chi connectivity index (χ0v) is 22.7. The van der Waals surface area contributed by atoms with Gasteiger partial charge in [-0.1, -0.05) is 0 Å². The highest BCUT2D eigenvalue weighted by atomic mass is 79.9. The Kier molecular flexibility index (Phi) is 7.84. The number of alkyl halides is 3. The highest BCUT2D eigenvalue weighted by Gasteiger charge is 2.51. The number of nitrogens with zero attached hydrogens (tertiary/aromatic N) is 5. The number of pyridine rings is 1. The number of methoxy groups -OCH3 is 1. The monoisotopic (exact) mass is 597 g/mol. The maximum Gasteiger partial charge on any atom is 0.406 e. The highest BCUT2D eigenvalue weighted by molar-refractivity contribution is 9.10. The van der Waals surface area contributed by atoms with Gasteiger partial charge in [0.2, 0.25) is 11.7 Å². The molecule has 206 valence electrons. The van der Waals surface area contributed by atoms with Gasteiger partial charge in [0.05, 0.1) is 28.7 Å². The van der Waals surface area contributed by atoms with Gasteiger partial charge in [-0.3, -0.25) is 9.69 Å². The molecule has 1 saturated carbocycles. The van der Waals surface area contributed by atoms with Gasteiger partial charge >= 0.3 is 6.18 Å². The van der Waals surface area contributed by atoms with Crippen molar-refractivity contribution >= 4 is 38.7 Å². The molecular weight excluding hydrogens is 567 g/mol. The average molecular weight is 598 g/mol. The van der Waals surface area contributed by atoms with Crippen molar-refractivity contribution in [1.29, 1.82) is 5.26 Å². The van der Waals surface area contributed by atoms with E-state index in [1.54, 1.807) is 13.2 Å². The average Bonchev–Trinajstić information content (AvgIpc) is 3.57. The number of anilines is 1. The van der Waals surface area contributed by atoms with Crippen LogP contribution in [0.3, 0.4) is 0 Å². The molecule has 0 aromatic carbocycles. The number of aromatic nitrogens is 3. The van der Waals surface area contributed by atoms with Crippen LogP contribution >= 0.6 is 15.9 Å². The summed E-state index contributed by atoms with van der Waals surface area (Å²) >= 11 is 3.43. The molecule has 0 spiro atoms. The van der Waals surface area contributed by atoms with Crippen molar-refractivity contribution in [2.45, 2.75) is 81.8 Å². The maximum atomic E-state index is 13.2. The Morgan fingerprint density at radius 3 is 2.66 bits per heavy atom. The smallest absolute Gasteiger partial charge is 0.383 e. The van der Waals surface area contributed by atoms with Crippen molar-refractivity contribution in [3.05, 3.63) is 16.5 Å². The van der Waals surface area contributed by atoms with Crippen LogP contribution in [0.5, 0.6) is 0 Å². The van der Waals surface area contributed by atoms with Gasteiger partial charge in [-0.15, -0.1) is 0 Å². The molecular formula is C25H31BrF3N7O2. The number of carbonyl (C=O) groups is 1. The van der Waals surface area contributed by atoms with Crippen LogP contribution in [0.1, 0.15) is 50.8 Å². The summed E-state index contributed by atoms with van der Waals surface area (Å²) in [4.78, 5) is 23.7. The lowest BCUT2D eigenvalue weighted by molar-refractivity contribution is -0.140. The van der Waals surface area contributed by atoms with Crippen molar-refractivity contribution in [2.24, 2.45) is 5.92 Å². The summed E-state index contributed by atoms with van der Waals surface area (Å²) < 4.78 is 45.9. The van der Waals surface area contributed by atoms with E-state index in [0.717, 1.165) is 49.5 Å². The molecule has 2 aliphatic heterocycles. The van der Waals surface area contributed by atoms with Crippen LogP contribution in [0.4, 0.5) is 19.0 Å². The van der Waals surface area contributed by atoms with E-state index in [-0.39, 0.29) is 34.7 Å². The molecule has 3 aliphatic rings. The Bertz CT molecular complexity index is 1220. The predicted octanol–water partition coefficient (Wildman–Crippen LogP) is 3.97. The van der Waals surface area contributed by atoms with Crippen LogP contribution in [0.15, 0.2) is 10.7 Å². The second-order valence-corrected chi connectivity index (χ2v) is 11.2. The van der Waals surface area contributed by atoms with Crippen molar-refractivity contribution in [3.63, 3.8) is 0 Å². The predicted molar refractivity (Wildman–Crippen MR) is 137 cm³/mol. The van der Waals surface area contributed by atoms with Gasteiger partial charge in [0.1, 0.15) is 23.9 Å². The first-order valence-corrected chi connectivity index (χ1v) is 13.8. The van der Waals surface area contributed by atoms with E-state index in [0.29, 0.717) is 41.6 Å². The molecule has 3 unspecified atom stereocenters. The fourth-order valence-electron chi connectivity index (χ4n) is 6.61. The van der Waals surface area contributed by atoms with Crippen LogP contribution in [0, 0.1) is 17.2 Å². The first kappa shape index (κ1) is 27.1. The van der Waals surface area contributed by atoms with Crippen LogP contribution in [0.25, 0.3) is 11.0 Å². The molecule has 3 fully saturated rings. The largest absolute Gasteiger partial charge is 0.406 e. The second kappa shape index (κ2) is 11.0. The summed E-state index contributed by atoms with van der Waals surface area (Å²) in [6.07, 6.45) is 3.75. The molecule has 1 amide bonds. The normalized spacial score (nSPS) is 27.5. The number of nitrogens with one attached hydrogen (secondary N) is 2. The third kappa shape index (κ3) is 5.35. The summed E-state index contributed by atoms with van der Waals surface area (Å²) in [6.45, 7) is -0.261. The summed E-state index contributed by atoms with van der Waals surface area (Å²) in [7, 11) is 1.62. The number of hydrogen-bond donors (Lipinski definition) is 2. The minimum Gasteiger partial charge on any atom is -0.383 e. The van der Waals surface area contributed by atoms with Gasteiger partial charge in [-0.2, -0.15) is 18.4 Å². The van der Waals surface area contributed by atoms with Crippen LogP contribution in [-0.2, 0) is 16.1 Å². The number of amides is 1. The number of rotatable bonds is 8. The molecule has 1 aliphatic carbocycles. The lowest BCUT2D eigenvalue weighted by Crippen LogP contribution is -2.45. The molecule has 3 atom stereocenters. The number of nitriles is 1. The first-order valence-electron chi connectivity index (χ1n) is 13.0. The quantitative estimate of drug-likeness (QED) is 0.443. The fourth-order valence-corrected chi connectivity index (χ4v) is 7.24. The van der Waals surface area contributed by atoms with Crippen molar-refractivity contribution in [3.8, 4) is 6.07 Å². The van der Waals surface area contributed by atoms with Gasteiger partial charge in [0.15, 0.2) is 0 Å². The van der Waals surface area contributed by atoms with E-state index < -0.39 is 12.7 Å². The Morgan fingerprint density at radius 2 is 1.97 bits per heavy atom. The summed E-state index contributed by atoms with van der Waals surface area (Å²) in [6, 6.07) is 3.04. The standard InChI is InChI=1S/C25H31BrF3N7O2/c1-38-9-8-31-24(37)17-10-16-6-7-19(17)36(16)15-4-2-14(3-5-15)33-23-21(26)22-18(12-32-23)34-20(11-30)35(22)13-25(27,28)29/h12,14-17,19H,2-10,13H2,1H3,(H,31,37)(H,32,33). The van der Waals surface area contributed by atoms with Gasteiger partial charge in [0.25, 0.3) is 0 Å². The lowest BCUT2D eigenvalue weighted by Gasteiger charge is -2.38. The van der Waals surface area contributed by atoms with E-state index in [2.05, 4.69) is 41.4 Å². The molecule has 2 bridgehead atoms. The van der Waals surface area contributed by atoms with E-state index in [1.165, 1.54) is 6.20 Å². The van der Waals surface area contributed by atoms with Crippen molar-refractivity contribution in [2.75, 3.05) is 25.6 Å². The van der Waals surface area contributed by atoms with Crippen LogP contribution in [-0.4, -0.2) is 75.9 Å². The Labute approximate surface area is 227 Å². The van der Waals surface area contributed by atoms with Crippen LogP contribution in [0.2, 0.25) is 0 Å². The van der Waals surface area contributed by atoms with E-state index in [1.807, 2.05) is 0 Å². The minimum atomic E-state index is -4.49. The van der Waals surface area contributed by atoms with Gasteiger partial charge < -0.3 is 19.9 Å². The van der Waals surface area contributed by atoms with E-state index in [4.69, 9.17) is 4.74 Å². The van der Waals surface area contributed by atoms with Gasteiger partial charge in [-0.05, 0) is 60.9 Å². The number of fused-ring (bicyclic) bond motifs is 3. The lowest BCUT2D eigenvalue weighted by atomic mass is 9.88. The zero-order valence-electron chi connectivity index (χ0n) is 21.1. The van der Waals surface area contributed by atoms with Crippen molar-refractivity contribution < 1.29 is 22.7 Å². The SMILES string of the molecule is COCCNC(=O)C1CC2CCC1N2C1CCC(Nc2ncc3nc(C#N)n(CC(F)(F)F)c3c2Br)CC1. The summed E-state index contributed by atoms with van der Waals surface area (Å²) in [5, 5.41) is 15.7. The molecule has 13 heteroatoms. The van der Waals surface area contributed by atoms with Gasteiger partial charge in [0, 0.05) is 37.8 Å². The molecule has 2 aromatic rings. The Hall–Kier alpha value is -2.43. The third-order valence-corrected chi connectivity index (χ3v) is 8.91. The molecule has 5 rings (SSSR count). The summed E-state index contributed by atoms with van der Waals surface area (Å²) in [5.41, 5.74) is 0.436. The van der Waals surface area contributed by atoms with Crippen LogP contribution < -0.4 is 10.6 Å².